The molecule has 4 aromatic rings. The smallest absolute Gasteiger partial charge is 0.264 e. The van der Waals surface area contributed by atoms with Crippen LogP contribution in [-0.4, -0.2) is 28.0 Å². The fraction of sp³-hybridized carbons (Fsp3) is 0.167. The van der Waals surface area contributed by atoms with Crippen LogP contribution in [0.4, 0.5) is 5.69 Å². The molecule has 8 heteroatoms. The molecule has 0 saturated carbocycles. The quantitative estimate of drug-likeness (QED) is 0.277. The van der Waals surface area contributed by atoms with Crippen molar-refractivity contribution in [2.75, 3.05) is 18.0 Å². The summed E-state index contributed by atoms with van der Waals surface area (Å²) in [6.45, 7) is 3.30. The van der Waals surface area contributed by atoms with E-state index < -0.39 is 28.5 Å². The summed E-state index contributed by atoms with van der Waals surface area (Å²) in [6.07, 6.45) is 0. The molecule has 0 radical (unpaired) electrons. The molecule has 1 N–H and O–H groups in total. The Kier molecular flexibility index (Phi) is 8.33. The van der Waals surface area contributed by atoms with Crippen LogP contribution in [0.2, 0.25) is 0 Å². The highest BCUT2D eigenvalue weighted by Crippen LogP contribution is 2.29. The Morgan fingerprint density at radius 2 is 1.45 bits per heavy atom. The van der Waals surface area contributed by atoms with Gasteiger partial charge in [-0.25, -0.2) is 8.42 Å². The molecule has 0 fully saturated rings. The Balaban J connectivity index is 1.61. The predicted octanol–water partition coefficient (Wildman–Crippen LogP) is 5.87. The van der Waals surface area contributed by atoms with Crippen molar-refractivity contribution in [3.63, 3.8) is 0 Å². The number of methoxy groups -OCH3 is 1. The number of anilines is 1. The third-order valence-electron chi connectivity index (χ3n) is 5.98. The van der Waals surface area contributed by atoms with E-state index >= 15 is 0 Å². The van der Waals surface area contributed by atoms with E-state index in [0.717, 1.165) is 15.4 Å². The Hall–Kier alpha value is -4.30. The molecule has 0 aromatic heterocycles. The van der Waals surface area contributed by atoms with Gasteiger partial charge in [-0.15, -0.1) is 0 Å². The van der Waals surface area contributed by atoms with Crippen molar-refractivity contribution in [1.29, 1.82) is 0 Å². The van der Waals surface area contributed by atoms with Crippen molar-refractivity contribution < 1.29 is 22.7 Å². The van der Waals surface area contributed by atoms with Crippen molar-refractivity contribution in [3.8, 4) is 17.2 Å². The first-order valence-electron chi connectivity index (χ1n) is 12.1. The van der Waals surface area contributed by atoms with Crippen LogP contribution < -0.4 is 19.1 Å². The molecular weight excluding hydrogens is 500 g/mol. The molecule has 38 heavy (non-hydrogen) atoms. The molecular formula is C30H30N2O5S. The summed E-state index contributed by atoms with van der Waals surface area (Å²) in [7, 11) is -2.48. The maximum absolute atomic E-state index is 13.7. The number of carbonyl (C=O) groups is 1. The SMILES string of the molecule is COc1ccccc1C(C)NC(=O)CN(c1ccc(Oc2ccccc2)cc1)S(=O)(=O)c1ccc(C)cc1. The third-order valence-corrected chi connectivity index (χ3v) is 7.77. The van der Waals surface area contributed by atoms with Crippen molar-refractivity contribution >= 4 is 21.6 Å². The molecule has 1 atom stereocenters. The van der Waals surface area contributed by atoms with Crippen molar-refractivity contribution in [2.24, 2.45) is 0 Å². The van der Waals surface area contributed by atoms with Crippen molar-refractivity contribution in [1.82, 2.24) is 5.32 Å². The van der Waals surface area contributed by atoms with Gasteiger partial charge >= 0.3 is 0 Å². The minimum atomic E-state index is -4.04. The summed E-state index contributed by atoms with van der Waals surface area (Å²) in [6, 6.07) is 29.4. The molecule has 0 aliphatic carbocycles. The fourth-order valence-corrected chi connectivity index (χ4v) is 5.40. The number of hydrogen-bond acceptors (Lipinski definition) is 5. The maximum Gasteiger partial charge on any atom is 0.264 e. The normalized spacial score (nSPS) is 11.9. The Bertz CT molecular complexity index is 1470. The number of rotatable bonds is 10. The van der Waals surface area contributed by atoms with Crippen molar-refractivity contribution in [3.05, 3.63) is 114 Å². The molecule has 4 rings (SSSR count). The Morgan fingerprint density at radius 3 is 2.11 bits per heavy atom. The zero-order valence-electron chi connectivity index (χ0n) is 21.5. The van der Waals surface area contributed by atoms with Crippen LogP contribution in [0.15, 0.2) is 108 Å². The lowest BCUT2D eigenvalue weighted by molar-refractivity contribution is -0.120. The first-order valence-corrected chi connectivity index (χ1v) is 13.6. The molecule has 0 aliphatic rings. The van der Waals surface area contributed by atoms with Crippen LogP contribution in [0.25, 0.3) is 0 Å². The number of sulfonamides is 1. The van der Waals surface area contributed by atoms with E-state index in [0.29, 0.717) is 22.9 Å². The average molecular weight is 531 g/mol. The number of carbonyl (C=O) groups excluding carboxylic acids is 1. The number of nitrogens with one attached hydrogen (secondary N) is 1. The largest absolute Gasteiger partial charge is 0.496 e. The van der Waals surface area contributed by atoms with Gasteiger partial charge in [0.05, 0.1) is 23.7 Å². The molecule has 1 unspecified atom stereocenters. The monoisotopic (exact) mass is 530 g/mol. The summed E-state index contributed by atoms with van der Waals surface area (Å²) in [5.41, 5.74) is 2.06. The highest BCUT2D eigenvalue weighted by molar-refractivity contribution is 7.92. The van der Waals surface area contributed by atoms with Gasteiger partial charge in [0, 0.05) is 5.56 Å². The van der Waals surface area contributed by atoms with E-state index in [1.54, 1.807) is 55.6 Å². The molecule has 0 spiro atoms. The van der Waals surface area contributed by atoms with Gasteiger partial charge in [-0.1, -0.05) is 54.1 Å². The minimum absolute atomic E-state index is 0.0956. The standard InChI is InChI=1S/C30H30N2O5S/c1-22-13-19-27(20-14-22)38(34,35)32(21-30(33)31-23(2)28-11-7-8-12-29(28)36-3)24-15-17-26(18-16-24)37-25-9-5-4-6-10-25/h4-20,23H,21H2,1-3H3,(H,31,33). The van der Waals surface area contributed by atoms with E-state index in [4.69, 9.17) is 9.47 Å². The highest BCUT2D eigenvalue weighted by atomic mass is 32.2. The maximum atomic E-state index is 13.7. The van der Waals surface area contributed by atoms with Gasteiger partial charge in [0.25, 0.3) is 10.0 Å². The van der Waals surface area contributed by atoms with E-state index in [2.05, 4.69) is 5.32 Å². The summed E-state index contributed by atoms with van der Waals surface area (Å²) in [4.78, 5) is 13.3. The number of hydrogen-bond donors (Lipinski definition) is 1. The van der Waals surface area contributed by atoms with Crippen LogP contribution >= 0.6 is 0 Å². The molecule has 196 valence electrons. The summed E-state index contributed by atoms with van der Waals surface area (Å²) in [5.74, 6) is 1.39. The number of para-hydroxylation sites is 2. The van der Waals surface area contributed by atoms with Crippen LogP contribution in [-0.2, 0) is 14.8 Å². The number of nitrogens with zero attached hydrogens (tertiary/aromatic N) is 1. The van der Waals surface area contributed by atoms with E-state index in [9.17, 15) is 13.2 Å². The Morgan fingerprint density at radius 1 is 0.842 bits per heavy atom. The van der Waals surface area contributed by atoms with Gasteiger partial charge in [-0.3, -0.25) is 9.10 Å². The van der Waals surface area contributed by atoms with Gasteiger partial charge in [0.2, 0.25) is 5.91 Å². The van der Waals surface area contributed by atoms with Gasteiger partial charge < -0.3 is 14.8 Å². The fourth-order valence-electron chi connectivity index (χ4n) is 3.98. The van der Waals surface area contributed by atoms with Crippen LogP contribution in [0.5, 0.6) is 17.2 Å². The van der Waals surface area contributed by atoms with Crippen LogP contribution in [0, 0.1) is 6.92 Å². The zero-order chi connectivity index (χ0) is 27.1. The second kappa shape index (κ2) is 11.8. The highest BCUT2D eigenvalue weighted by Gasteiger charge is 2.28. The number of aryl methyl sites for hydroxylation is 1. The zero-order valence-corrected chi connectivity index (χ0v) is 22.3. The average Bonchev–Trinajstić information content (AvgIpc) is 2.93. The third kappa shape index (κ3) is 6.33. The number of amides is 1. The molecule has 0 heterocycles. The Labute approximate surface area is 223 Å². The topological polar surface area (TPSA) is 84.9 Å². The summed E-state index contributed by atoms with van der Waals surface area (Å²) in [5, 5.41) is 2.90. The molecule has 1 amide bonds. The predicted molar refractivity (Wildman–Crippen MR) is 148 cm³/mol. The summed E-state index contributed by atoms with van der Waals surface area (Å²) < 4.78 is 39.8. The second-order valence-electron chi connectivity index (χ2n) is 8.76. The molecule has 4 aromatic carbocycles. The van der Waals surface area contributed by atoms with Gasteiger partial charge in [0.15, 0.2) is 0 Å². The first kappa shape index (κ1) is 26.8. The molecule has 0 bridgehead atoms. The molecule has 7 nitrogen and oxygen atoms in total. The second-order valence-corrected chi connectivity index (χ2v) is 10.6. The van der Waals surface area contributed by atoms with Crippen LogP contribution in [0.3, 0.4) is 0 Å². The van der Waals surface area contributed by atoms with Crippen LogP contribution in [0.1, 0.15) is 24.1 Å². The first-order chi connectivity index (χ1) is 18.3. The van der Waals surface area contributed by atoms with Crippen molar-refractivity contribution in [2.45, 2.75) is 24.8 Å². The lowest BCUT2D eigenvalue weighted by Crippen LogP contribution is -2.41. The number of benzene rings is 4. The molecule has 0 aliphatic heterocycles. The van der Waals surface area contributed by atoms with Gasteiger partial charge in [0.1, 0.15) is 23.8 Å². The van der Waals surface area contributed by atoms with Gasteiger partial charge in [-0.2, -0.15) is 0 Å². The van der Waals surface area contributed by atoms with E-state index in [1.165, 1.54) is 0 Å². The lowest BCUT2D eigenvalue weighted by atomic mass is 10.1. The molecule has 0 saturated heterocycles. The van der Waals surface area contributed by atoms with Gasteiger partial charge in [-0.05, 0) is 68.4 Å². The van der Waals surface area contributed by atoms with E-state index in [-0.39, 0.29) is 4.90 Å². The summed E-state index contributed by atoms with van der Waals surface area (Å²) >= 11 is 0. The lowest BCUT2D eigenvalue weighted by Gasteiger charge is -2.25. The number of ether oxygens (including phenoxy) is 2. The van der Waals surface area contributed by atoms with E-state index in [1.807, 2.05) is 68.4 Å². The minimum Gasteiger partial charge on any atom is -0.496 e.